The average molecular weight is 445 g/mol. The Morgan fingerprint density at radius 2 is 2.23 bits per heavy atom. The highest BCUT2D eigenvalue weighted by Gasteiger charge is 2.34. The van der Waals surface area contributed by atoms with E-state index in [1.807, 2.05) is 0 Å². The number of aromatic nitrogens is 1. The summed E-state index contributed by atoms with van der Waals surface area (Å²) < 4.78 is 5.25. The highest BCUT2D eigenvalue weighted by molar-refractivity contribution is 7.17. The van der Waals surface area contributed by atoms with Crippen molar-refractivity contribution in [2.45, 2.75) is 26.2 Å². The molecular formula is C19H19N5O6S. The quantitative estimate of drug-likeness (QED) is 0.523. The van der Waals surface area contributed by atoms with Gasteiger partial charge in [-0.05, 0) is 46.7 Å². The van der Waals surface area contributed by atoms with Crippen LogP contribution in [0.15, 0.2) is 12.1 Å². The monoisotopic (exact) mass is 445 g/mol. The molecule has 0 saturated carbocycles. The van der Waals surface area contributed by atoms with Crippen LogP contribution in [0.2, 0.25) is 0 Å². The average Bonchev–Trinajstić information content (AvgIpc) is 3.06. The first-order valence-electron chi connectivity index (χ1n) is 9.57. The van der Waals surface area contributed by atoms with Crippen molar-refractivity contribution in [3.05, 3.63) is 38.3 Å². The van der Waals surface area contributed by atoms with Crippen molar-refractivity contribution in [3.8, 4) is 5.75 Å². The molecule has 4 rings (SSSR count). The van der Waals surface area contributed by atoms with Gasteiger partial charge >= 0.3 is 5.82 Å². The molecule has 3 amide bonds. The maximum Gasteiger partial charge on any atom is 0.366 e. The fourth-order valence-corrected chi connectivity index (χ4v) is 5.17. The van der Waals surface area contributed by atoms with Gasteiger partial charge < -0.3 is 25.9 Å². The summed E-state index contributed by atoms with van der Waals surface area (Å²) >= 11 is 1.31. The zero-order valence-electron chi connectivity index (χ0n) is 16.5. The number of primary amides is 1. The van der Waals surface area contributed by atoms with Crippen LogP contribution in [0.1, 0.15) is 34.1 Å². The van der Waals surface area contributed by atoms with E-state index >= 15 is 0 Å². The van der Waals surface area contributed by atoms with Gasteiger partial charge in [0, 0.05) is 10.9 Å². The molecule has 0 radical (unpaired) electrons. The van der Waals surface area contributed by atoms with Crippen molar-refractivity contribution in [1.82, 2.24) is 4.98 Å². The first-order chi connectivity index (χ1) is 14.7. The normalized spacial score (nSPS) is 17.4. The summed E-state index contributed by atoms with van der Waals surface area (Å²) in [4.78, 5) is 53.4. The number of nitrogens with one attached hydrogen (secondary N) is 1. The highest BCUT2D eigenvalue weighted by atomic mass is 32.1. The van der Waals surface area contributed by atoms with Crippen molar-refractivity contribution in [3.63, 3.8) is 0 Å². The zero-order chi connectivity index (χ0) is 22.3. The summed E-state index contributed by atoms with van der Waals surface area (Å²) in [7, 11) is 0. The van der Waals surface area contributed by atoms with Gasteiger partial charge in [0.2, 0.25) is 5.91 Å². The first kappa shape index (κ1) is 20.7. The van der Waals surface area contributed by atoms with E-state index in [2.05, 4.69) is 17.2 Å². The zero-order valence-corrected chi connectivity index (χ0v) is 17.4. The second-order valence-corrected chi connectivity index (χ2v) is 8.59. The molecule has 162 valence electrons. The van der Waals surface area contributed by atoms with Crippen LogP contribution in [-0.4, -0.2) is 40.8 Å². The smallest absolute Gasteiger partial charge is 0.366 e. The Balaban J connectivity index is 1.59. The highest BCUT2D eigenvalue weighted by Crippen LogP contribution is 2.39. The molecule has 1 aliphatic heterocycles. The molecule has 3 heterocycles. The van der Waals surface area contributed by atoms with Crippen LogP contribution in [0.3, 0.4) is 0 Å². The van der Waals surface area contributed by atoms with Crippen molar-refractivity contribution in [2.75, 3.05) is 23.4 Å². The van der Waals surface area contributed by atoms with E-state index in [9.17, 15) is 24.5 Å². The number of amides is 3. The number of rotatable bonds is 5. The SMILES string of the molecule is CC1CCc2c(sc(NC(=O)CN3C(=O)COc4ccc([N+](=O)[O-])nc43)c2C(N)=O)C1. The minimum Gasteiger partial charge on any atom is -0.477 e. The Kier molecular flexibility index (Phi) is 5.31. The van der Waals surface area contributed by atoms with Crippen molar-refractivity contribution in [2.24, 2.45) is 11.7 Å². The molecule has 1 unspecified atom stereocenters. The van der Waals surface area contributed by atoms with E-state index in [0.29, 0.717) is 22.9 Å². The molecule has 2 aromatic rings. The second-order valence-electron chi connectivity index (χ2n) is 7.49. The van der Waals surface area contributed by atoms with E-state index < -0.39 is 35.0 Å². The maximum absolute atomic E-state index is 12.8. The Labute approximate surface area is 180 Å². The number of ether oxygens (including phenoxy) is 1. The predicted octanol–water partition coefficient (Wildman–Crippen LogP) is 1.64. The molecule has 0 bridgehead atoms. The molecule has 12 heteroatoms. The van der Waals surface area contributed by atoms with Gasteiger partial charge in [-0.2, -0.15) is 0 Å². The van der Waals surface area contributed by atoms with E-state index in [-0.39, 0.29) is 18.2 Å². The molecule has 2 aromatic heterocycles. The number of carbonyl (C=O) groups is 3. The number of nitrogens with zero attached hydrogens (tertiary/aromatic N) is 3. The molecular weight excluding hydrogens is 426 g/mol. The standard InChI is InChI=1S/C19H19N5O6S/c1-9-2-3-10-12(6-9)31-19(16(10)17(20)27)22-14(25)7-23-15(26)8-30-11-4-5-13(24(28)29)21-18(11)23/h4-5,9H,2-3,6-8H2,1H3,(H2,20,27)(H,22,25). The molecule has 0 spiro atoms. The fourth-order valence-electron chi connectivity index (χ4n) is 3.74. The summed E-state index contributed by atoms with van der Waals surface area (Å²) in [5.41, 5.74) is 6.75. The number of anilines is 2. The molecule has 2 aliphatic rings. The second kappa shape index (κ2) is 7.95. The van der Waals surface area contributed by atoms with Gasteiger partial charge in [-0.15, -0.1) is 11.3 Å². The Bertz CT molecular complexity index is 1110. The summed E-state index contributed by atoms with van der Waals surface area (Å²) in [5.74, 6) is -1.70. The number of thiophene rings is 1. The predicted molar refractivity (Wildman–Crippen MR) is 111 cm³/mol. The Morgan fingerprint density at radius 3 is 2.94 bits per heavy atom. The van der Waals surface area contributed by atoms with Gasteiger partial charge in [0.15, 0.2) is 12.4 Å². The third kappa shape index (κ3) is 3.93. The molecule has 0 saturated heterocycles. The summed E-state index contributed by atoms with van der Waals surface area (Å²) in [6.45, 7) is 1.36. The van der Waals surface area contributed by atoms with Crippen molar-refractivity contribution in [1.29, 1.82) is 0 Å². The molecule has 31 heavy (non-hydrogen) atoms. The van der Waals surface area contributed by atoms with Gasteiger partial charge in [-0.25, -0.2) is 0 Å². The largest absolute Gasteiger partial charge is 0.477 e. The van der Waals surface area contributed by atoms with Crippen LogP contribution < -0.4 is 20.7 Å². The minimum atomic E-state index is -0.700. The summed E-state index contributed by atoms with van der Waals surface area (Å²) in [6.07, 6.45) is 2.45. The van der Waals surface area contributed by atoms with Crippen LogP contribution in [0.4, 0.5) is 16.6 Å². The number of pyridine rings is 1. The summed E-state index contributed by atoms with van der Waals surface area (Å²) in [5, 5.41) is 14.1. The van der Waals surface area contributed by atoms with E-state index in [1.54, 1.807) is 0 Å². The number of nitro groups is 1. The van der Waals surface area contributed by atoms with Crippen LogP contribution in [-0.2, 0) is 22.4 Å². The van der Waals surface area contributed by atoms with Crippen LogP contribution in [0.5, 0.6) is 5.75 Å². The lowest BCUT2D eigenvalue weighted by Gasteiger charge is -2.24. The van der Waals surface area contributed by atoms with Gasteiger partial charge in [0.25, 0.3) is 17.6 Å². The van der Waals surface area contributed by atoms with E-state index in [1.165, 1.54) is 17.4 Å². The lowest BCUT2D eigenvalue weighted by Crippen LogP contribution is -2.44. The first-order valence-corrected chi connectivity index (χ1v) is 10.4. The van der Waals surface area contributed by atoms with Crippen LogP contribution >= 0.6 is 11.3 Å². The van der Waals surface area contributed by atoms with Gasteiger partial charge in [0.05, 0.1) is 5.56 Å². The van der Waals surface area contributed by atoms with Gasteiger partial charge in [-0.1, -0.05) is 6.92 Å². The lowest BCUT2D eigenvalue weighted by atomic mass is 9.88. The summed E-state index contributed by atoms with van der Waals surface area (Å²) in [6, 6.07) is 2.49. The number of fused-ring (bicyclic) bond motifs is 2. The topological polar surface area (TPSA) is 158 Å². The molecule has 1 atom stereocenters. The van der Waals surface area contributed by atoms with E-state index in [0.717, 1.165) is 34.2 Å². The molecule has 3 N–H and O–H groups in total. The van der Waals surface area contributed by atoms with Crippen LogP contribution in [0.25, 0.3) is 0 Å². The molecule has 11 nitrogen and oxygen atoms in total. The Morgan fingerprint density at radius 1 is 1.45 bits per heavy atom. The van der Waals surface area contributed by atoms with Gasteiger partial charge in [-0.3, -0.25) is 19.3 Å². The Hall–Kier alpha value is -3.54. The third-order valence-corrected chi connectivity index (χ3v) is 6.40. The fraction of sp³-hybridized carbons (Fsp3) is 0.368. The van der Waals surface area contributed by atoms with Crippen molar-refractivity contribution >= 4 is 45.7 Å². The van der Waals surface area contributed by atoms with Crippen molar-refractivity contribution < 1.29 is 24.0 Å². The minimum absolute atomic E-state index is 0.102. The number of carbonyl (C=O) groups excluding carboxylic acids is 3. The van der Waals surface area contributed by atoms with E-state index in [4.69, 9.17) is 10.5 Å². The number of hydrogen-bond donors (Lipinski definition) is 2. The molecule has 1 aliphatic carbocycles. The van der Waals surface area contributed by atoms with Gasteiger partial charge in [0.1, 0.15) is 11.5 Å². The third-order valence-electron chi connectivity index (χ3n) is 5.23. The molecule has 0 aromatic carbocycles. The van der Waals surface area contributed by atoms with Crippen LogP contribution in [0, 0.1) is 16.0 Å². The molecule has 0 fully saturated rings. The lowest BCUT2D eigenvalue weighted by molar-refractivity contribution is -0.389. The number of nitrogens with two attached hydrogens (primary N) is 1. The maximum atomic E-state index is 12.8. The number of hydrogen-bond acceptors (Lipinski definition) is 8.